The van der Waals surface area contributed by atoms with E-state index in [1.54, 1.807) is 12.1 Å². The number of aryl methyl sites for hydroxylation is 1. The minimum Gasteiger partial charge on any atom is -0.310 e. The fourth-order valence-electron chi connectivity index (χ4n) is 2.19. The molecule has 102 valence electrons. The summed E-state index contributed by atoms with van der Waals surface area (Å²) in [4.78, 5) is 0. The van der Waals surface area contributed by atoms with Gasteiger partial charge in [-0.2, -0.15) is 5.10 Å². The number of nitrogens with zero attached hydrogens (tertiary/aromatic N) is 2. The Kier molecular flexibility index (Phi) is 4.68. The van der Waals surface area contributed by atoms with Crippen LogP contribution in [0.3, 0.4) is 0 Å². The molecule has 2 aromatic rings. The first-order valence-electron chi connectivity index (χ1n) is 6.73. The first kappa shape index (κ1) is 13.7. The Bertz CT molecular complexity index is 522. The lowest BCUT2D eigenvalue weighted by Crippen LogP contribution is -2.22. The van der Waals surface area contributed by atoms with Crippen molar-refractivity contribution in [1.82, 2.24) is 15.1 Å². The Morgan fingerprint density at radius 2 is 2.21 bits per heavy atom. The van der Waals surface area contributed by atoms with E-state index in [1.807, 2.05) is 23.1 Å². The van der Waals surface area contributed by atoms with Gasteiger partial charge in [0.15, 0.2) is 0 Å². The maximum Gasteiger partial charge on any atom is 0.123 e. The van der Waals surface area contributed by atoms with Crippen molar-refractivity contribution in [3.63, 3.8) is 0 Å². The predicted molar refractivity (Wildman–Crippen MR) is 74.4 cm³/mol. The number of likely N-dealkylation sites (N-methyl/N-ethyl adjacent to an activating group) is 1. The smallest absolute Gasteiger partial charge is 0.123 e. The quantitative estimate of drug-likeness (QED) is 0.866. The molecule has 1 atom stereocenters. The van der Waals surface area contributed by atoms with Crippen molar-refractivity contribution < 1.29 is 4.39 Å². The van der Waals surface area contributed by atoms with E-state index in [9.17, 15) is 4.39 Å². The highest BCUT2D eigenvalue weighted by Crippen LogP contribution is 2.18. The monoisotopic (exact) mass is 261 g/mol. The standard InChI is InChI=1S/C15H20FN3/c1-3-17-15(13-10-18-19(4-2)11-13)9-12-6-5-7-14(16)8-12/h5-8,10-11,15,17H,3-4,9H2,1-2H3. The van der Waals surface area contributed by atoms with E-state index in [4.69, 9.17) is 0 Å². The summed E-state index contributed by atoms with van der Waals surface area (Å²) in [6.45, 7) is 5.87. The van der Waals surface area contributed by atoms with Gasteiger partial charge in [0.2, 0.25) is 0 Å². The number of hydrogen-bond donors (Lipinski definition) is 1. The molecule has 1 unspecified atom stereocenters. The van der Waals surface area contributed by atoms with Crippen LogP contribution in [-0.2, 0) is 13.0 Å². The van der Waals surface area contributed by atoms with Crippen molar-refractivity contribution in [2.75, 3.05) is 6.54 Å². The van der Waals surface area contributed by atoms with E-state index in [-0.39, 0.29) is 11.9 Å². The lowest BCUT2D eigenvalue weighted by Gasteiger charge is -2.16. The van der Waals surface area contributed by atoms with E-state index in [1.165, 1.54) is 6.07 Å². The van der Waals surface area contributed by atoms with Crippen LogP contribution < -0.4 is 5.32 Å². The van der Waals surface area contributed by atoms with Crippen LogP contribution in [0.1, 0.15) is 31.0 Å². The second-order valence-electron chi connectivity index (χ2n) is 4.57. The lowest BCUT2D eigenvalue weighted by molar-refractivity contribution is 0.545. The van der Waals surface area contributed by atoms with Gasteiger partial charge in [0.05, 0.1) is 6.20 Å². The molecule has 0 aliphatic rings. The van der Waals surface area contributed by atoms with Crippen molar-refractivity contribution in [1.29, 1.82) is 0 Å². The maximum atomic E-state index is 13.2. The zero-order chi connectivity index (χ0) is 13.7. The number of aromatic nitrogens is 2. The average Bonchev–Trinajstić information content (AvgIpc) is 2.87. The van der Waals surface area contributed by atoms with Gasteiger partial charge >= 0.3 is 0 Å². The summed E-state index contributed by atoms with van der Waals surface area (Å²) in [6, 6.07) is 6.95. The van der Waals surface area contributed by atoms with E-state index < -0.39 is 0 Å². The van der Waals surface area contributed by atoms with Crippen LogP contribution >= 0.6 is 0 Å². The normalized spacial score (nSPS) is 12.6. The van der Waals surface area contributed by atoms with Gasteiger partial charge in [0, 0.05) is 24.3 Å². The van der Waals surface area contributed by atoms with Gasteiger partial charge < -0.3 is 5.32 Å². The van der Waals surface area contributed by atoms with E-state index in [2.05, 4.69) is 24.3 Å². The molecular formula is C15H20FN3. The van der Waals surface area contributed by atoms with Gasteiger partial charge in [-0.25, -0.2) is 4.39 Å². The Morgan fingerprint density at radius 3 is 2.84 bits per heavy atom. The van der Waals surface area contributed by atoms with Crippen LogP contribution in [0.5, 0.6) is 0 Å². The Balaban J connectivity index is 2.15. The predicted octanol–water partition coefficient (Wildman–Crippen LogP) is 2.94. The molecule has 0 aliphatic carbocycles. The first-order valence-corrected chi connectivity index (χ1v) is 6.73. The number of halogens is 1. The highest BCUT2D eigenvalue weighted by atomic mass is 19.1. The van der Waals surface area contributed by atoms with Crippen molar-refractivity contribution in [2.45, 2.75) is 32.9 Å². The summed E-state index contributed by atoms with van der Waals surface area (Å²) in [5.41, 5.74) is 2.14. The molecule has 0 amide bonds. The Hall–Kier alpha value is -1.68. The molecule has 0 bridgehead atoms. The number of benzene rings is 1. The van der Waals surface area contributed by atoms with Gasteiger partial charge in [-0.1, -0.05) is 19.1 Å². The third kappa shape index (κ3) is 3.64. The molecule has 0 aliphatic heterocycles. The SMILES string of the molecule is CCNC(Cc1cccc(F)c1)c1cnn(CC)c1. The fourth-order valence-corrected chi connectivity index (χ4v) is 2.19. The summed E-state index contributed by atoms with van der Waals surface area (Å²) in [6.07, 6.45) is 4.70. The molecule has 0 saturated carbocycles. The van der Waals surface area contributed by atoms with Crippen LogP contribution in [-0.4, -0.2) is 16.3 Å². The van der Waals surface area contributed by atoms with Gasteiger partial charge in [-0.05, 0) is 37.6 Å². The van der Waals surface area contributed by atoms with Crippen LogP contribution in [0, 0.1) is 5.82 Å². The lowest BCUT2D eigenvalue weighted by atomic mass is 10.0. The molecule has 1 N–H and O–H groups in total. The minimum absolute atomic E-state index is 0.173. The van der Waals surface area contributed by atoms with E-state index in [0.29, 0.717) is 0 Å². The third-order valence-electron chi connectivity index (χ3n) is 3.16. The minimum atomic E-state index is -0.183. The van der Waals surface area contributed by atoms with Crippen LogP contribution in [0.15, 0.2) is 36.7 Å². The van der Waals surface area contributed by atoms with Crippen LogP contribution in [0.4, 0.5) is 4.39 Å². The zero-order valence-electron chi connectivity index (χ0n) is 11.4. The van der Waals surface area contributed by atoms with Gasteiger partial charge in [-0.3, -0.25) is 4.68 Å². The molecule has 1 aromatic carbocycles. The summed E-state index contributed by atoms with van der Waals surface area (Å²) in [5, 5.41) is 7.73. The number of hydrogen-bond acceptors (Lipinski definition) is 2. The molecule has 2 rings (SSSR count). The molecule has 0 fully saturated rings. The largest absolute Gasteiger partial charge is 0.310 e. The second kappa shape index (κ2) is 6.48. The van der Waals surface area contributed by atoms with Crippen LogP contribution in [0.25, 0.3) is 0 Å². The zero-order valence-corrected chi connectivity index (χ0v) is 11.4. The number of nitrogens with one attached hydrogen (secondary N) is 1. The Labute approximate surface area is 113 Å². The van der Waals surface area contributed by atoms with Gasteiger partial charge in [0.25, 0.3) is 0 Å². The summed E-state index contributed by atoms with van der Waals surface area (Å²) < 4.78 is 15.1. The highest BCUT2D eigenvalue weighted by molar-refractivity contribution is 5.21. The molecule has 19 heavy (non-hydrogen) atoms. The van der Waals surface area contributed by atoms with E-state index in [0.717, 1.165) is 30.6 Å². The molecule has 1 aromatic heterocycles. The Morgan fingerprint density at radius 1 is 1.37 bits per heavy atom. The van der Waals surface area contributed by atoms with Crippen molar-refractivity contribution in [2.24, 2.45) is 0 Å². The molecule has 3 nitrogen and oxygen atoms in total. The maximum absolute atomic E-state index is 13.2. The molecular weight excluding hydrogens is 241 g/mol. The van der Waals surface area contributed by atoms with Crippen molar-refractivity contribution in [3.8, 4) is 0 Å². The first-order chi connectivity index (χ1) is 9.22. The molecule has 4 heteroatoms. The molecule has 0 spiro atoms. The highest BCUT2D eigenvalue weighted by Gasteiger charge is 2.13. The summed E-state index contributed by atoms with van der Waals surface area (Å²) in [7, 11) is 0. The van der Waals surface area contributed by atoms with E-state index >= 15 is 0 Å². The molecule has 0 radical (unpaired) electrons. The third-order valence-corrected chi connectivity index (χ3v) is 3.16. The fraction of sp³-hybridized carbons (Fsp3) is 0.400. The molecule has 0 saturated heterocycles. The van der Waals surface area contributed by atoms with Crippen molar-refractivity contribution in [3.05, 3.63) is 53.6 Å². The van der Waals surface area contributed by atoms with Gasteiger partial charge in [-0.15, -0.1) is 0 Å². The van der Waals surface area contributed by atoms with Gasteiger partial charge in [0.1, 0.15) is 5.82 Å². The summed E-state index contributed by atoms with van der Waals surface area (Å²) in [5.74, 6) is -0.183. The average molecular weight is 261 g/mol. The topological polar surface area (TPSA) is 29.9 Å². The van der Waals surface area contributed by atoms with Crippen LogP contribution in [0.2, 0.25) is 0 Å². The summed E-state index contributed by atoms with van der Waals surface area (Å²) >= 11 is 0. The molecule has 1 heterocycles. The van der Waals surface area contributed by atoms with Crippen molar-refractivity contribution >= 4 is 0 Å². The second-order valence-corrected chi connectivity index (χ2v) is 4.57. The number of rotatable bonds is 6.